The summed E-state index contributed by atoms with van der Waals surface area (Å²) in [6, 6.07) is 17.7. The van der Waals surface area contributed by atoms with E-state index in [-0.39, 0.29) is 17.2 Å². The van der Waals surface area contributed by atoms with Gasteiger partial charge in [0.05, 0.1) is 16.2 Å². The molecule has 0 radical (unpaired) electrons. The second kappa shape index (κ2) is 10.7. The van der Waals surface area contributed by atoms with E-state index in [1.807, 2.05) is 32.0 Å². The summed E-state index contributed by atoms with van der Waals surface area (Å²) in [6.07, 6.45) is 2.85. The zero-order valence-electron chi connectivity index (χ0n) is 19.8. The Labute approximate surface area is 207 Å². The van der Waals surface area contributed by atoms with Crippen molar-refractivity contribution in [3.8, 4) is 5.82 Å². The molecule has 4 aromatic rings. The summed E-state index contributed by atoms with van der Waals surface area (Å²) in [7, 11) is 0. The molecule has 1 atom stereocenters. The third-order valence-corrected chi connectivity index (χ3v) is 6.57. The molecule has 35 heavy (non-hydrogen) atoms. The molecule has 0 fully saturated rings. The highest BCUT2D eigenvalue weighted by Crippen LogP contribution is 2.27. The number of para-hydroxylation sites is 1. The number of fused-ring (bicyclic) bond motifs is 1. The zero-order chi connectivity index (χ0) is 24.9. The van der Waals surface area contributed by atoms with Gasteiger partial charge in [0.15, 0.2) is 10.9 Å². The van der Waals surface area contributed by atoms with E-state index < -0.39 is 5.25 Å². The second-order valence-corrected chi connectivity index (χ2v) is 9.50. The molecule has 0 bridgehead atoms. The molecule has 4 rings (SSSR count). The molecule has 8 heteroatoms. The minimum atomic E-state index is -0.515. The van der Waals surface area contributed by atoms with Gasteiger partial charge in [-0.05, 0) is 68.3 Å². The molecule has 0 aliphatic heterocycles. The number of benzene rings is 2. The van der Waals surface area contributed by atoms with E-state index in [0.29, 0.717) is 39.5 Å². The number of rotatable bonds is 8. The summed E-state index contributed by atoms with van der Waals surface area (Å²) in [5.74, 6) is 0.332. The lowest BCUT2D eigenvalue weighted by Gasteiger charge is -2.16. The van der Waals surface area contributed by atoms with Gasteiger partial charge in [-0.2, -0.15) is 0 Å². The molecule has 2 heterocycles. The first-order valence-corrected chi connectivity index (χ1v) is 12.3. The number of ketones is 1. The first-order chi connectivity index (χ1) is 16.9. The van der Waals surface area contributed by atoms with Crippen LogP contribution in [0.1, 0.15) is 42.6 Å². The largest absolute Gasteiger partial charge is 0.326 e. The monoisotopic (exact) mass is 486 g/mol. The van der Waals surface area contributed by atoms with Crippen molar-refractivity contribution >= 4 is 40.0 Å². The molecule has 0 saturated carbocycles. The number of anilines is 1. The van der Waals surface area contributed by atoms with Crippen LogP contribution in [0, 0.1) is 6.92 Å². The fraction of sp³-hybridized carbons (Fsp3) is 0.222. The summed E-state index contributed by atoms with van der Waals surface area (Å²) in [6.45, 7) is 5.62. The van der Waals surface area contributed by atoms with Crippen LogP contribution in [-0.2, 0) is 4.79 Å². The Morgan fingerprint density at radius 2 is 1.80 bits per heavy atom. The number of hydrogen-bond donors (Lipinski definition) is 1. The van der Waals surface area contributed by atoms with E-state index in [4.69, 9.17) is 4.98 Å². The van der Waals surface area contributed by atoms with Crippen molar-refractivity contribution in [2.75, 3.05) is 5.32 Å². The lowest BCUT2D eigenvalue weighted by molar-refractivity contribution is -0.116. The molecule has 0 aliphatic carbocycles. The van der Waals surface area contributed by atoms with Crippen molar-refractivity contribution in [1.29, 1.82) is 0 Å². The molecule has 2 aromatic heterocycles. The maximum atomic E-state index is 13.4. The Morgan fingerprint density at radius 1 is 1.06 bits per heavy atom. The van der Waals surface area contributed by atoms with Gasteiger partial charge in [-0.15, -0.1) is 0 Å². The Balaban J connectivity index is 1.65. The Bertz CT molecular complexity index is 1450. The number of carbonyl (C=O) groups excluding carboxylic acids is 2. The molecule has 1 unspecified atom stereocenters. The predicted molar refractivity (Wildman–Crippen MR) is 140 cm³/mol. The summed E-state index contributed by atoms with van der Waals surface area (Å²) in [4.78, 5) is 47.6. The first-order valence-electron chi connectivity index (χ1n) is 11.4. The summed E-state index contributed by atoms with van der Waals surface area (Å²) in [5, 5.41) is 3.20. The minimum Gasteiger partial charge on any atom is -0.326 e. The van der Waals surface area contributed by atoms with Crippen LogP contribution in [-0.4, -0.2) is 31.5 Å². The van der Waals surface area contributed by atoms with E-state index in [0.717, 1.165) is 12.0 Å². The highest BCUT2D eigenvalue weighted by atomic mass is 32.2. The van der Waals surface area contributed by atoms with Gasteiger partial charge in [-0.25, -0.2) is 14.5 Å². The first kappa shape index (κ1) is 24.3. The van der Waals surface area contributed by atoms with Crippen LogP contribution in [0.15, 0.2) is 76.8 Å². The molecule has 178 valence electrons. The van der Waals surface area contributed by atoms with Crippen LogP contribution in [0.4, 0.5) is 5.69 Å². The van der Waals surface area contributed by atoms with Crippen LogP contribution < -0.4 is 10.9 Å². The van der Waals surface area contributed by atoms with Crippen LogP contribution >= 0.6 is 11.8 Å². The third kappa shape index (κ3) is 5.33. The van der Waals surface area contributed by atoms with Gasteiger partial charge in [0.25, 0.3) is 5.56 Å². The highest BCUT2D eigenvalue weighted by molar-refractivity contribution is 8.00. The number of aryl methyl sites for hydroxylation is 1. The minimum absolute atomic E-state index is 0.0549. The van der Waals surface area contributed by atoms with Crippen molar-refractivity contribution in [1.82, 2.24) is 14.5 Å². The van der Waals surface area contributed by atoms with Crippen LogP contribution in [0.2, 0.25) is 0 Å². The van der Waals surface area contributed by atoms with E-state index in [2.05, 4.69) is 10.3 Å². The molecule has 1 N–H and O–H groups in total. The van der Waals surface area contributed by atoms with Gasteiger partial charge >= 0.3 is 0 Å². The molecular formula is C27H26N4O3S. The Kier molecular flexibility index (Phi) is 7.41. The Hall–Kier alpha value is -3.78. The van der Waals surface area contributed by atoms with Gasteiger partial charge in [0.1, 0.15) is 5.82 Å². The van der Waals surface area contributed by atoms with E-state index >= 15 is 0 Å². The van der Waals surface area contributed by atoms with Crippen molar-refractivity contribution < 1.29 is 9.59 Å². The lowest BCUT2D eigenvalue weighted by Crippen LogP contribution is -2.25. The van der Waals surface area contributed by atoms with Gasteiger partial charge in [0.2, 0.25) is 5.91 Å². The number of nitrogens with one attached hydrogen (secondary N) is 1. The third-order valence-electron chi connectivity index (χ3n) is 5.52. The lowest BCUT2D eigenvalue weighted by atomic mass is 10.1. The van der Waals surface area contributed by atoms with Crippen molar-refractivity contribution in [3.63, 3.8) is 0 Å². The molecule has 7 nitrogen and oxygen atoms in total. The summed E-state index contributed by atoms with van der Waals surface area (Å²) < 4.78 is 1.48. The number of amides is 1. The SMILES string of the molecule is CCCC(=O)Nc1ccc(C(=O)C(C)Sc2nc3ccccc3c(=O)n2-c2ncccc2C)cc1. The van der Waals surface area contributed by atoms with Crippen molar-refractivity contribution in [3.05, 3.63) is 88.3 Å². The maximum Gasteiger partial charge on any atom is 0.267 e. The second-order valence-electron chi connectivity index (χ2n) is 8.20. The van der Waals surface area contributed by atoms with E-state index in [1.54, 1.807) is 55.6 Å². The zero-order valence-corrected chi connectivity index (χ0v) is 20.6. The van der Waals surface area contributed by atoms with Crippen LogP contribution in [0.25, 0.3) is 16.7 Å². The van der Waals surface area contributed by atoms with Crippen LogP contribution in [0.5, 0.6) is 0 Å². The van der Waals surface area contributed by atoms with Crippen LogP contribution in [0.3, 0.4) is 0 Å². The smallest absolute Gasteiger partial charge is 0.267 e. The number of nitrogens with zero attached hydrogens (tertiary/aromatic N) is 3. The number of carbonyl (C=O) groups is 2. The molecule has 1 amide bonds. The number of hydrogen-bond acceptors (Lipinski definition) is 6. The molecular weight excluding hydrogens is 460 g/mol. The van der Waals surface area contributed by atoms with Crippen molar-refractivity contribution in [2.45, 2.75) is 44.0 Å². The average Bonchev–Trinajstić information content (AvgIpc) is 2.85. The average molecular weight is 487 g/mol. The molecule has 0 spiro atoms. The number of Topliss-reactive ketones (excluding diaryl/α,β-unsaturated/α-hetero) is 1. The van der Waals surface area contributed by atoms with Gasteiger partial charge in [-0.1, -0.05) is 36.9 Å². The maximum absolute atomic E-state index is 13.4. The van der Waals surface area contributed by atoms with Gasteiger partial charge in [-0.3, -0.25) is 14.4 Å². The summed E-state index contributed by atoms with van der Waals surface area (Å²) >= 11 is 1.22. The standard InChI is InChI=1S/C27H26N4O3S/c1-4-8-23(32)29-20-14-12-19(13-15-20)24(33)18(3)35-27-30-22-11-6-5-10-21(22)26(34)31(27)25-17(2)9-7-16-28-25/h5-7,9-16,18H,4,8H2,1-3H3,(H,29,32). The quantitative estimate of drug-likeness (QED) is 0.209. The highest BCUT2D eigenvalue weighted by Gasteiger charge is 2.22. The molecule has 2 aromatic carbocycles. The number of aromatic nitrogens is 3. The number of pyridine rings is 1. The molecule has 0 aliphatic rings. The Morgan fingerprint density at radius 3 is 2.51 bits per heavy atom. The predicted octanol–water partition coefficient (Wildman–Crippen LogP) is 5.19. The number of thioether (sulfide) groups is 1. The fourth-order valence-electron chi connectivity index (χ4n) is 3.70. The van der Waals surface area contributed by atoms with Gasteiger partial charge in [0, 0.05) is 23.9 Å². The van der Waals surface area contributed by atoms with E-state index in [1.165, 1.54) is 16.3 Å². The van der Waals surface area contributed by atoms with Crippen molar-refractivity contribution in [2.24, 2.45) is 0 Å². The van der Waals surface area contributed by atoms with Gasteiger partial charge < -0.3 is 5.32 Å². The normalized spacial score (nSPS) is 11.9. The fourth-order valence-corrected chi connectivity index (χ4v) is 4.69. The van der Waals surface area contributed by atoms with E-state index in [9.17, 15) is 14.4 Å². The summed E-state index contributed by atoms with van der Waals surface area (Å²) in [5.41, 5.74) is 2.33. The topological polar surface area (TPSA) is 94.0 Å². The molecule has 0 saturated heterocycles.